The normalized spacial score (nSPS) is 10.9. The number of rotatable bonds is 9. The van der Waals surface area contributed by atoms with Gasteiger partial charge in [-0.3, -0.25) is 0 Å². The van der Waals surface area contributed by atoms with Gasteiger partial charge in [0.15, 0.2) is 11.6 Å². The highest BCUT2D eigenvalue weighted by molar-refractivity contribution is 5.72. The maximum absolute atomic E-state index is 13.4. The van der Waals surface area contributed by atoms with E-state index in [1.54, 1.807) is 42.5 Å². The van der Waals surface area contributed by atoms with Crippen molar-refractivity contribution in [3.63, 3.8) is 0 Å². The Bertz CT molecular complexity index is 2220. The van der Waals surface area contributed by atoms with Crippen molar-refractivity contribution in [2.45, 2.75) is 0 Å². The monoisotopic (exact) mass is 777 g/mol. The van der Waals surface area contributed by atoms with Gasteiger partial charge in [-0.2, -0.15) is 0 Å². The molecule has 0 saturated heterocycles. The number of nitrogens with zero attached hydrogens (tertiary/aromatic N) is 3. The van der Waals surface area contributed by atoms with Crippen LogP contribution in [0.25, 0.3) is 36.5 Å². The highest BCUT2D eigenvalue weighted by atomic mass is 19.2. The lowest BCUT2D eigenvalue weighted by Gasteiger charge is -2.11. The molecule has 0 saturated carbocycles. The summed E-state index contributed by atoms with van der Waals surface area (Å²) in [6.07, 6.45) is 10.1. The fraction of sp³-hybridized carbons (Fsp3) is 0.125. The second-order valence-electron chi connectivity index (χ2n) is 13.4. The average molecular weight is 778 g/mol. The lowest BCUT2D eigenvalue weighted by atomic mass is 10.1. The van der Waals surface area contributed by atoms with Gasteiger partial charge in [-0.05, 0) is 89.5 Å². The van der Waals surface area contributed by atoms with Crippen molar-refractivity contribution in [2.24, 2.45) is 0 Å². The molecule has 0 atom stereocenters. The Labute approximate surface area is 331 Å². The third kappa shape index (κ3) is 13.6. The highest BCUT2D eigenvalue weighted by Gasteiger charge is 2.05. The lowest BCUT2D eigenvalue weighted by Crippen LogP contribution is -2.07. The molecule has 294 valence electrons. The van der Waals surface area contributed by atoms with Crippen molar-refractivity contribution >= 4 is 53.5 Å². The SMILES string of the molecule is CN(C)c1ccc(C=Cc2cc(F)ccc2F)cc1.CN(C)c1ccc(C=Cc2ccc(F)cc2F)cc1.CN(C)c1ccc(C=Cc2cccc(F)c2F)cc1. The van der Waals surface area contributed by atoms with Crippen LogP contribution in [0.15, 0.2) is 127 Å². The molecule has 9 heteroatoms. The molecule has 0 unspecified atom stereocenters. The first-order valence-corrected chi connectivity index (χ1v) is 17.9. The van der Waals surface area contributed by atoms with E-state index in [1.807, 2.05) is 130 Å². The minimum absolute atomic E-state index is 0.247. The predicted octanol–water partition coefficient (Wildman–Crippen LogP) is 12.6. The summed E-state index contributed by atoms with van der Waals surface area (Å²) in [6.45, 7) is 0. The van der Waals surface area contributed by atoms with Crippen molar-refractivity contribution in [1.82, 2.24) is 0 Å². The molecule has 6 rings (SSSR count). The first-order chi connectivity index (χ1) is 27.2. The molecule has 0 bridgehead atoms. The summed E-state index contributed by atoms with van der Waals surface area (Å²) >= 11 is 0. The number of hydrogen-bond donors (Lipinski definition) is 0. The Hall–Kier alpha value is -6.48. The van der Waals surface area contributed by atoms with Gasteiger partial charge in [0.25, 0.3) is 0 Å². The van der Waals surface area contributed by atoms with E-state index in [1.165, 1.54) is 24.3 Å². The van der Waals surface area contributed by atoms with Crippen LogP contribution >= 0.6 is 0 Å². The summed E-state index contributed by atoms with van der Waals surface area (Å²) in [7, 11) is 11.8. The average Bonchev–Trinajstić information content (AvgIpc) is 3.19. The van der Waals surface area contributed by atoms with Gasteiger partial charge in [0.1, 0.15) is 23.3 Å². The topological polar surface area (TPSA) is 9.72 Å². The molecule has 0 amide bonds. The van der Waals surface area contributed by atoms with E-state index in [2.05, 4.69) is 0 Å². The molecule has 0 aliphatic carbocycles. The van der Waals surface area contributed by atoms with Gasteiger partial charge in [-0.1, -0.05) is 85.0 Å². The maximum atomic E-state index is 13.4. The standard InChI is InChI=1S/3C16H15F2N/c1-19(2)15-9-4-12(5-10-15)3-6-13-7-8-14(17)11-16(13)18;1-19(2)15-8-4-12(5-9-15)3-6-13-11-14(17)7-10-16(13)18;1-19(2)14-10-7-12(8-11-14)6-9-13-4-3-5-15(17)16(13)18/h3*3-11H,1-2H3. The van der Waals surface area contributed by atoms with E-state index >= 15 is 0 Å². The largest absolute Gasteiger partial charge is 0.378 e. The summed E-state index contributed by atoms with van der Waals surface area (Å²) in [5, 5.41) is 0. The Balaban J connectivity index is 0.000000189. The number of hydrogen-bond acceptors (Lipinski definition) is 3. The molecule has 3 nitrogen and oxygen atoms in total. The first kappa shape index (κ1) is 43.3. The van der Waals surface area contributed by atoms with Gasteiger partial charge in [-0.15, -0.1) is 0 Å². The predicted molar refractivity (Wildman–Crippen MR) is 228 cm³/mol. The summed E-state index contributed by atoms with van der Waals surface area (Å²) in [4.78, 5) is 6.01. The van der Waals surface area contributed by atoms with Gasteiger partial charge in [0, 0.05) is 82.1 Å². The molecule has 0 aliphatic rings. The van der Waals surface area contributed by atoms with Crippen molar-refractivity contribution in [1.29, 1.82) is 0 Å². The second kappa shape index (κ2) is 21.0. The van der Waals surface area contributed by atoms with Gasteiger partial charge < -0.3 is 14.7 Å². The van der Waals surface area contributed by atoms with Gasteiger partial charge in [-0.25, -0.2) is 26.3 Å². The number of halogens is 6. The fourth-order valence-electron chi connectivity index (χ4n) is 5.14. The molecule has 6 aromatic rings. The van der Waals surface area contributed by atoms with Crippen molar-refractivity contribution in [3.05, 3.63) is 196 Å². The summed E-state index contributed by atoms with van der Waals surface area (Å²) < 4.78 is 79.1. The smallest absolute Gasteiger partial charge is 0.166 e. The summed E-state index contributed by atoms with van der Waals surface area (Å²) in [5.41, 5.74) is 7.00. The zero-order valence-corrected chi connectivity index (χ0v) is 32.7. The van der Waals surface area contributed by atoms with E-state index in [4.69, 9.17) is 0 Å². The van der Waals surface area contributed by atoms with Crippen LogP contribution in [0.5, 0.6) is 0 Å². The molecule has 6 aromatic carbocycles. The van der Waals surface area contributed by atoms with Crippen LogP contribution in [-0.2, 0) is 0 Å². The Morgan fingerprint density at radius 2 is 0.737 bits per heavy atom. The van der Waals surface area contributed by atoms with Gasteiger partial charge in [0.2, 0.25) is 0 Å². The Morgan fingerprint density at radius 1 is 0.333 bits per heavy atom. The fourth-order valence-corrected chi connectivity index (χ4v) is 5.14. The molecule has 57 heavy (non-hydrogen) atoms. The lowest BCUT2D eigenvalue weighted by molar-refractivity contribution is 0.507. The molecular weight excluding hydrogens is 733 g/mol. The minimum atomic E-state index is -0.829. The molecular formula is C48H45F6N3. The third-order valence-electron chi connectivity index (χ3n) is 8.50. The van der Waals surface area contributed by atoms with Gasteiger partial charge >= 0.3 is 0 Å². The van der Waals surface area contributed by atoms with Crippen LogP contribution in [0.1, 0.15) is 33.4 Å². The zero-order valence-electron chi connectivity index (χ0n) is 32.7. The Morgan fingerprint density at radius 3 is 1.18 bits per heavy atom. The zero-order chi connectivity index (χ0) is 41.5. The first-order valence-electron chi connectivity index (χ1n) is 17.9. The van der Waals surface area contributed by atoms with Crippen LogP contribution in [0.3, 0.4) is 0 Å². The quantitative estimate of drug-likeness (QED) is 0.107. The van der Waals surface area contributed by atoms with E-state index < -0.39 is 34.9 Å². The van der Waals surface area contributed by atoms with Gasteiger partial charge in [0.05, 0.1) is 0 Å². The van der Waals surface area contributed by atoms with E-state index in [9.17, 15) is 26.3 Å². The van der Waals surface area contributed by atoms with E-state index in [-0.39, 0.29) is 11.1 Å². The molecule has 0 spiro atoms. The second-order valence-corrected chi connectivity index (χ2v) is 13.4. The van der Waals surface area contributed by atoms with Crippen LogP contribution in [-0.4, -0.2) is 42.3 Å². The van der Waals surface area contributed by atoms with Crippen LogP contribution < -0.4 is 14.7 Å². The minimum Gasteiger partial charge on any atom is -0.378 e. The number of benzene rings is 6. The molecule has 0 fully saturated rings. The molecule has 0 heterocycles. The number of anilines is 3. The highest BCUT2D eigenvalue weighted by Crippen LogP contribution is 2.20. The van der Waals surface area contributed by atoms with Crippen molar-refractivity contribution < 1.29 is 26.3 Å². The van der Waals surface area contributed by atoms with Crippen LogP contribution in [0.2, 0.25) is 0 Å². The molecule has 0 aliphatic heterocycles. The van der Waals surface area contributed by atoms with Crippen molar-refractivity contribution in [2.75, 3.05) is 57.0 Å². The van der Waals surface area contributed by atoms with Crippen LogP contribution in [0.4, 0.5) is 43.4 Å². The molecule has 0 radical (unpaired) electrons. The van der Waals surface area contributed by atoms with E-state index in [0.29, 0.717) is 5.56 Å². The maximum Gasteiger partial charge on any atom is 0.166 e. The van der Waals surface area contributed by atoms with E-state index in [0.717, 1.165) is 58.0 Å². The molecule has 0 N–H and O–H groups in total. The third-order valence-corrected chi connectivity index (χ3v) is 8.50. The molecule has 0 aromatic heterocycles. The Kier molecular flexibility index (Phi) is 15.9. The van der Waals surface area contributed by atoms with Crippen LogP contribution in [0, 0.1) is 34.9 Å². The summed E-state index contributed by atoms with van der Waals surface area (Å²) in [5.74, 6) is -3.63. The summed E-state index contributed by atoms with van der Waals surface area (Å²) in [6, 6.07) is 34.6. The van der Waals surface area contributed by atoms with Crippen molar-refractivity contribution in [3.8, 4) is 0 Å².